The van der Waals surface area contributed by atoms with Crippen molar-refractivity contribution in [1.82, 2.24) is 9.88 Å². The number of hydrogen-bond acceptors (Lipinski definition) is 3. The number of likely N-dealkylation sites (tertiary alicyclic amines) is 1. The Morgan fingerprint density at radius 3 is 2.40 bits per heavy atom. The molecule has 2 saturated heterocycles. The van der Waals surface area contributed by atoms with E-state index in [0.717, 1.165) is 27.7 Å². The molecule has 0 saturated carbocycles. The Hall–Kier alpha value is -4.19. The monoisotopic (exact) mass is 462 g/mol. The van der Waals surface area contributed by atoms with Gasteiger partial charge in [-0.1, -0.05) is 60.7 Å². The van der Waals surface area contributed by atoms with Gasteiger partial charge >= 0.3 is 6.03 Å². The number of piperidine rings is 1. The van der Waals surface area contributed by atoms with Crippen LogP contribution in [-0.4, -0.2) is 34.9 Å². The highest BCUT2D eigenvalue weighted by Crippen LogP contribution is 2.57. The Bertz CT molecular complexity index is 1380. The van der Waals surface area contributed by atoms with Crippen molar-refractivity contribution in [2.45, 2.75) is 18.9 Å². The molecule has 0 aliphatic carbocycles. The van der Waals surface area contributed by atoms with Crippen molar-refractivity contribution in [3.8, 4) is 0 Å². The normalized spacial score (nSPS) is 19.0. The number of para-hydroxylation sites is 1. The summed E-state index contributed by atoms with van der Waals surface area (Å²) in [6.07, 6.45) is 4.85. The first-order valence-corrected chi connectivity index (χ1v) is 12.0. The van der Waals surface area contributed by atoms with E-state index in [1.165, 1.54) is 0 Å². The summed E-state index contributed by atoms with van der Waals surface area (Å²) in [5.41, 5.74) is 2.21. The number of carbonyl (C=O) groups excluding carboxylic acids is 2. The molecule has 6 heteroatoms. The molecule has 2 aliphatic heterocycles. The lowest BCUT2D eigenvalue weighted by atomic mass is 9.62. The molecule has 3 amide bonds. The van der Waals surface area contributed by atoms with Crippen molar-refractivity contribution in [1.29, 1.82) is 0 Å². The van der Waals surface area contributed by atoms with E-state index in [4.69, 9.17) is 0 Å². The van der Waals surface area contributed by atoms with Crippen LogP contribution in [0.3, 0.4) is 0 Å². The van der Waals surface area contributed by atoms with Gasteiger partial charge in [0.2, 0.25) is 5.91 Å². The van der Waals surface area contributed by atoms with Crippen LogP contribution in [-0.2, 0) is 4.79 Å². The Morgan fingerprint density at radius 1 is 0.886 bits per heavy atom. The third-order valence-electron chi connectivity index (χ3n) is 7.43. The average molecular weight is 463 g/mol. The van der Waals surface area contributed by atoms with E-state index >= 15 is 0 Å². The second-order valence-electron chi connectivity index (χ2n) is 9.30. The molecule has 1 spiro atoms. The topological polar surface area (TPSA) is 65.5 Å². The fourth-order valence-corrected chi connectivity index (χ4v) is 5.64. The fraction of sp³-hybridized carbons (Fsp3) is 0.207. The molecule has 3 aromatic carbocycles. The van der Waals surface area contributed by atoms with Crippen LogP contribution >= 0.6 is 0 Å². The molecule has 1 unspecified atom stereocenters. The SMILES string of the molecule is O=C(Nc1cccc2ccccc12)N1CCC2(CC1)C(=O)N(c1ccccc1)C2c1cccnc1. The first-order valence-electron chi connectivity index (χ1n) is 12.0. The van der Waals surface area contributed by atoms with Crippen molar-refractivity contribution in [3.05, 3.63) is 103 Å². The average Bonchev–Trinajstić information content (AvgIpc) is 2.92. The first kappa shape index (κ1) is 21.4. The van der Waals surface area contributed by atoms with Gasteiger partial charge in [0, 0.05) is 36.6 Å². The summed E-state index contributed by atoms with van der Waals surface area (Å²) in [7, 11) is 0. The molecule has 1 atom stereocenters. The number of rotatable bonds is 3. The maximum Gasteiger partial charge on any atom is 0.321 e. The van der Waals surface area contributed by atoms with Crippen LogP contribution in [0.1, 0.15) is 24.4 Å². The predicted molar refractivity (Wildman–Crippen MR) is 137 cm³/mol. The summed E-state index contributed by atoms with van der Waals surface area (Å²) in [6.45, 7) is 1.06. The first-order chi connectivity index (χ1) is 17.2. The molecule has 1 aromatic heterocycles. The van der Waals surface area contributed by atoms with Crippen molar-refractivity contribution in [3.63, 3.8) is 0 Å². The number of pyridine rings is 1. The molecular weight excluding hydrogens is 436 g/mol. The number of carbonyl (C=O) groups is 2. The van der Waals surface area contributed by atoms with Crippen LogP contribution in [0.2, 0.25) is 0 Å². The van der Waals surface area contributed by atoms with Gasteiger partial charge in [0.05, 0.1) is 17.1 Å². The molecule has 4 aromatic rings. The molecule has 2 aliphatic rings. The third-order valence-corrected chi connectivity index (χ3v) is 7.43. The summed E-state index contributed by atoms with van der Waals surface area (Å²) in [5, 5.41) is 5.19. The zero-order valence-corrected chi connectivity index (χ0v) is 19.3. The van der Waals surface area contributed by atoms with Gasteiger partial charge in [0.25, 0.3) is 0 Å². The van der Waals surface area contributed by atoms with Gasteiger partial charge in [-0.05, 0) is 48.1 Å². The van der Waals surface area contributed by atoms with E-state index < -0.39 is 5.41 Å². The summed E-state index contributed by atoms with van der Waals surface area (Å²) in [5.74, 6) is 0.131. The lowest BCUT2D eigenvalue weighted by Crippen LogP contribution is -2.67. The number of urea groups is 1. The highest BCUT2D eigenvalue weighted by atomic mass is 16.2. The number of β-lactam (4-membered cyclic amide) rings is 1. The van der Waals surface area contributed by atoms with E-state index in [0.29, 0.717) is 25.9 Å². The molecule has 6 rings (SSSR count). The number of anilines is 2. The molecule has 2 fully saturated rings. The molecule has 6 nitrogen and oxygen atoms in total. The third kappa shape index (κ3) is 3.53. The van der Waals surface area contributed by atoms with Gasteiger partial charge in [-0.2, -0.15) is 0 Å². The van der Waals surface area contributed by atoms with E-state index in [1.54, 1.807) is 6.20 Å². The predicted octanol–water partition coefficient (Wildman–Crippen LogP) is 5.64. The van der Waals surface area contributed by atoms with Gasteiger partial charge in [-0.3, -0.25) is 9.78 Å². The summed E-state index contributed by atoms with van der Waals surface area (Å²) in [6, 6.07) is 27.5. The Kier molecular flexibility index (Phi) is 5.21. The molecule has 174 valence electrons. The van der Waals surface area contributed by atoms with Gasteiger partial charge in [0.1, 0.15) is 0 Å². The van der Waals surface area contributed by atoms with E-state index in [1.807, 2.05) is 101 Å². The smallest absolute Gasteiger partial charge is 0.321 e. The minimum absolute atomic E-state index is 0.0885. The van der Waals surface area contributed by atoms with E-state index in [-0.39, 0.29) is 18.0 Å². The Balaban J connectivity index is 1.22. The summed E-state index contributed by atoms with van der Waals surface area (Å²) in [4.78, 5) is 34.8. The van der Waals surface area contributed by atoms with E-state index in [9.17, 15) is 9.59 Å². The van der Waals surface area contributed by atoms with Crippen LogP contribution in [0.4, 0.5) is 16.2 Å². The second kappa shape index (κ2) is 8.55. The number of aromatic nitrogens is 1. The maximum atomic E-state index is 13.6. The number of hydrogen-bond donors (Lipinski definition) is 1. The zero-order chi connectivity index (χ0) is 23.8. The van der Waals surface area contributed by atoms with Crippen LogP contribution in [0.5, 0.6) is 0 Å². The second-order valence-corrected chi connectivity index (χ2v) is 9.30. The van der Waals surface area contributed by atoms with E-state index in [2.05, 4.69) is 10.3 Å². The van der Waals surface area contributed by atoms with Crippen molar-refractivity contribution in [2.75, 3.05) is 23.3 Å². The Morgan fingerprint density at radius 2 is 1.63 bits per heavy atom. The molecule has 0 radical (unpaired) electrons. The van der Waals surface area contributed by atoms with Crippen LogP contribution in [0.25, 0.3) is 10.8 Å². The van der Waals surface area contributed by atoms with Crippen LogP contribution < -0.4 is 10.2 Å². The van der Waals surface area contributed by atoms with Gasteiger partial charge < -0.3 is 15.1 Å². The van der Waals surface area contributed by atoms with Gasteiger partial charge in [-0.15, -0.1) is 0 Å². The van der Waals surface area contributed by atoms with Gasteiger partial charge in [-0.25, -0.2) is 4.79 Å². The van der Waals surface area contributed by atoms with Crippen molar-refractivity contribution >= 4 is 34.1 Å². The maximum absolute atomic E-state index is 13.6. The lowest BCUT2D eigenvalue weighted by molar-refractivity contribution is -0.144. The number of benzene rings is 3. The zero-order valence-electron chi connectivity index (χ0n) is 19.3. The largest absolute Gasteiger partial charge is 0.324 e. The molecule has 35 heavy (non-hydrogen) atoms. The minimum Gasteiger partial charge on any atom is -0.324 e. The lowest BCUT2D eigenvalue weighted by Gasteiger charge is -2.58. The minimum atomic E-state index is -0.519. The standard InChI is InChI=1S/C29H26N4O2/c34-27-29(26(22-10-7-17-30-20-22)33(27)23-11-2-1-3-12-23)15-18-32(19-16-29)28(35)31-25-14-6-9-21-8-4-5-13-24(21)25/h1-14,17,20,26H,15-16,18-19H2,(H,31,35). The van der Waals surface area contributed by atoms with Gasteiger partial charge in [0.15, 0.2) is 0 Å². The highest BCUT2D eigenvalue weighted by Gasteiger charge is 2.62. The van der Waals surface area contributed by atoms with Crippen LogP contribution in [0, 0.1) is 5.41 Å². The summed E-state index contributed by atoms with van der Waals surface area (Å²) < 4.78 is 0. The van der Waals surface area contributed by atoms with Crippen molar-refractivity contribution < 1.29 is 9.59 Å². The number of amides is 3. The molecule has 3 heterocycles. The highest BCUT2D eigenvalue weighted by molar-refractivity contribution is 6.06. The molecule has 1 N–H and O–H groups in total. The van der Waals surface area contributed by atoms with Crippen molar-refractivity contribution in [2.24, 2.45) is 5.41 Å². The fourth-order valence-electron chi connectivity index (χ4n) is 5.64. The quantitative estimate of drug-likeness (QED) is 0.401. The number of fused-ring (bicyclic) bond motifs is 1. The molecular formula is C29H26N4O2. The summed E-state index contributed by atoms with van der Waals surface area (Å²) >= 11 is 0. The Labute approximate surface area is 204 Å². The molecule has 0 bridgehead atoms. The number of nitrogens with zero attached hydrogens (tertiary/aromatic N) is 3. The van der Waals surface area contributed by atoms with Crippen LogP contribution in [0.15, 0.2) is 97.3 Å². The number of nitrogens with one attached hydrogen (secondary N) is 1.